The van der Waals surface area contributed by atoms with Crippen LogP contribution in [0.4, 0.5) is 0 Å². The number of methoxy groups -OCH3 is 3. The normalized spacial score (nSPS) is 14.7. The van der Waals surface area contributed by atoms with E-state index in [4.69, 9.17) is 25.1 Å². The molecule has 0 aliphatic heterocycles. The molecule has 0 bridgehead atoms. The third kappa shape index (κ3) is 4.51. The summed E-state index contributed by atoms with van der Waals surface area (Å²) >= 11 is 0. The summed E-state index contributed by atoms with van der Waals surface area (Å²) in [5.74, 6) is 1.07. The van der Waals surface area contributed by atoms with E-state index in [0.29, 0.717) is 23.7 Å². The summed E-state index contributed by atoms with van der Waals surface area (Å²) in [4.78, 5) is 11.0. The topological polar surface area (TPSA) is 91.0 Å². The van der Waals surface area contributed by atoms with Crippen molar-refractivity contribution in [3.63, 3.8) is 0 Å². The van der Waals surface area contributed by atoms with Crippen LogP contribution < -0.4 is 19.9 Å². The van der Waals surface area contributed by atoms with Crippen molar-refractivity contribution in [2.45, 2.75) is 38.6 Å². The van der Waals surface area contributed by atoms with Gasteiger partial charge in [0, 0.05) is 11.6 Å². The number of hydrogen-bond acceptors (Lipinski definition) is 5. The lowest BCUT2D eigenvalue weighted by Crippen LogP contribution is -2.33. The van der Waals surface area contributed by atoms with Gasteiger partial charge in [0.1, 0.15) is 11.8 Å². The molecule has 6 nitrogen and oxygen atoms in total. The summed E-state index contributed by atoms with van der Waals surface area (Å²) in [6.07, 6.45) is 1.21. The Balaban J connectivity index is 3.22. The molecule has 0 spiro atoms. The van der Waals surface area contributed by atoms with Crippen molar-refractivity contribution in [3.05, 3.63) is 17.7 Å². The molecule has 3 atom stereocenters. The third-order valence-electron chi connectivity index (χ3n) is 4.31. The standard InChI is InChI=1S/C17H27NO5/c1-6-11(7-14(18)17(19)20)10(2)13-8-12(21-3)9-15(22-4)16(13)23-5/h8-11,14H,6-7,18H2,1-5H3,(H,19,20). The number of ether oxygens (including phenoxy) is 3. The molecule has 1 aromatic rings. The van der Waals surface area contributed by atoms with Crippen molar-refractivity contribution in [2.24, 2.45) is 11.7 Å². The molecule has 3 unspecified atom stereocenters. The van der Waals surface area contributed by atoms with Crippen LogP contribution in [-0.4, -0.2) is 38.4 Å². The van der Waals surface area contributed by atoms with Crippen LogP contribution in [-0.2, 0) is 4.79 Å². The maximum Gasteiger partial charge on any atom is 0.320 e. The third-order valence-corrected chi connectivity index (χ3v) is 4.31. The summed E-state index contributed by atoms with van der Waals surface area (Å²) in [5.41, 5.74) is 6.64. The Morgan fingerprint density at radius 1 is 1.22 bits per heavy atom. The van der Waals surface area contributed by atoms with E-state index in [1.54, 1.807) is 27.4 Å². The first-order valence-electron chi connectivity index (χ1n) is 7.67. The zero-order valence-electron chi connectivity index (χ0n) is 14.5. The van der Waals surface area contributed by atoms with Crippen molar-refractivity contribution in [1.82, 2.24) is 0 Å². The van der Waals surface area contributed by atoms with Gasteiger partial charge < -0.3 is 25.1 Å². The van der Waals surface area contributed by atoms with Gasteiger partial charge in [-0.25, -0.2) is 0 Å². The van der Waals surface area contributed by atoms with Gasteiger partial charge in [-0.2, -0.15) is 0 Å². The lowest BCUT2D eigenvalue weighted by molar-refractivity contribution is -0.139. The van der Waals surface area contributed by atoms with Gasteiger partial charge in [-0.05, 0) is 24.3 Å². The Morgan fingerprint density at radius 3 is 2.30 bits per heavy atom. The maximum atomic E-state index is 11.0. The Hall–Kier alpha value is -1.95. The van der Waals surface area contributed by atoms with E-state index in [-0.39, 0.29) is 11.8 Å². The molecule has 0 fully saturated rings. The first-order chi connectivity index (χ1) is 10.9. The average molecular weight is 325 g/mol. The Labute approximate surface area is 137 Å². The minimum Gasteiger partial charge on any atom is -0.497 e. The highest BCUT2D eigenvalue weighted by molar-refractivity contribution is 5.73. The SMILES string of the molecule is CCC(CC(N)C(=O)O)C(C)c1cc(OC)cc(OC)c1OC. The molecule has 6 heteroatoms. The molecule has 0 aliphatic carbocycles. The molecular weight excluding hydrogens is 298 g/mol. The quantitative estimate of drug-likeness (QED) is 0.725. The monoisotopic (exact) mass is 325 g/mol. The van der Waals surface area contributed by atoms with Crippen molar-refractivity contribution < 1.29 is 24.1 Å². The number of nitrogens with two attached hydrogens (primary N) is 1. The number of carboxylic acid groups (broad SMARTS) is 1. The summed E-state index contributed by atoms with van der Waals surface area (Å²) < 4.78 is 16.2. The molecule has 0 heterocycles. The Kier molecular flexibility index (Phi) is 7.16. The summed E-state index contributed by atoms with van der Waals surface area (Å²) in [6.45, 7) is 4.07. The predicted octanol–water partition coefficient (Wildman–Crippen LogP) is 2.64. The van der Waals surface area contributed by atoms with Crippen molar-refractivity contribution >= 4 is 5.97 Å². The molecule has 0 radical (unpaired) electrons. The van der Waals surface area contributed by atoms with Gasteiger partial charge >= 0.3 is 5.97 Å². The molecule has 23 heavy (non-hydrogen) atoms. The van der Waals surface area contributed by atoms with Crippen LogP contribution >= 0.6 is 0 Å². The Morgan fingerprint density at radius 2 is 1.87 bits per heavy atom. The average Bonchev–Trinajstić information content (AvgIpc) is 2.56. The van der Waals surface area contributed by atoms with E-state index in [1.165, 1.54) is 0 Å². The second-order valence-electron chi connectivity index (χ2n) is 5.59. The maximum absolute atomic E-state index is 11.0. The van der Waals surface area contributed by atoms with Crippen LogP contribution in [0.5, 0.6) is 17.2 Å². The van der Waals surface area contributed by atoms with E-state index in [9.17, 15) is 4.79 Å². The number of aliphatic carboxylic acids is 1. The summed E-state index contributed by atoms with van der Waals surface area (Å²) in [6, 6.07) is 2.79. The second-order valence-corrected chi connectivity index (χ2v) is 5.59. The molecule has 0 saturated heterocycles. The Bertz CT molecular complexity index is 532. The molecule has 0 saturated carbocycles. The van der Waals surface area contributed by atoms with E-state index < -0.39 is 12.0 Å². The predicted molar refractivity (Wildman–Crippen MR) is 88.5 cm³/mol. The summed E-state index contributed by atoms with van der Waals surface area (Å²) in [7, 11) is 4.75. The molecule has 1 rings (SSSR count). The number of rotatable bonds is 9. The van der Waals surface area contributed by atoms with Crippen LogP contribution in [0.25, 0.3) is 0 Å². The minimum atomic E-state index is -0.981. The van der Waals surface area contributed by atoms with Gasteiger partial charge in [-0.3, -0.25) is 4.79 Å². The molecular formula is C17H27NO5. The highest BCUT2D eigenvalue weighted by Gasteiger charge is 2.27. The molecule has 0 aliphatic rings. The van der Waals surface area contributed by atoms with Gasteiger partial charge in [0.15, 0.2) is 11.5 Å². The van der Waals surface area contributed by atoms with Crippen LogP contribution in [0.1, 0.15) is 38.2 Å². The fraction of sp³-hybridized carbons (Fsp3) is 0.588. The largest absolute Gasteiger partial charge is 0.497 e. The zero-order valence-corrected chi connectivity index (χ0v) is 14.5. The molecule has 3 N–H and O–H groups in total. The number of benzene rings is 1. The zero-order chi connectivity index (χ0) is 17.6. The van der Waals surface area contributed by atoms with Crippen LogP contribution in [0.15, 0.2) is 12.1 Å². The van der Waals surface area contributed by atoms with Crippen LogP contribution in [0, 0.1) is 5.92 Å². The second kappa shape index (κ2) is 8.62. The molecule has 0 aromatic heterocycles. The van der Waals surface area contributed by atoms with Gasteiger partial charge in [0.2, 0.25) is 0 Å². The van der Waals surface area contributed by atoms with E-state index >= 15 is 0 Å². The first kappa shape index (κ1) is 19.1. The van der Waals surface area contributed by atoms with Crippen molar-refractivity contribution in [1.29, 1.82) is 0 Å². The minimum absolute atomic E-state index is 0.0457. The van der Waals surface area contributed by atoms with Crippen molar-refractivity contribution in [2.75, 3.05) is 21.3 Å². The van der Waals surface area contributed by atoms with E-state index in [0.717, 1.165) is 12.0 Å². The van der Waals surface area contributed by atoms with E-state index in [2.05, 4.69) is 0 Å². The van der Waals surface area contributed by atoms with E-state index in [1.807, 2.05) is 19.9 Å². The van der Waals surface area contributed by atoms with Gasteiger partial charge in [-0.15, -0.1) is 0 Å². The van der Waals surface area contributed by atoms with Gasteiger partial charge in [0.25, 0.3) is 0 Å². The lowest BCUT2D eigenvalue weighted by Gasteiger charge is -2.27. The lowest BCUT2D eigenvalue weighted by atomic mass is 9.81. The van der Waals surface area contributed by atoms with Gasteiger partial charge in [0.05, 0.1) is 21.3 Å². The number of carbonyl (C=O) groups is 1. The molecule has 1 aromatic carbocycles. The fourth-order valence-corrected chi connectivity index (χ4v) is 2.83. The van der Waals surface area contributed by atoms with Crippen molar-refractivity contribution in [3.8, 4) is 17.2 Å². The fourth-order valence-electron chi connectivity index (χ4n) is 2.83. The van der Waals surface area contributed by atoms with Crippen LogP contribution in [0.2, 0.25) is 0 Å². The number of carboxylic acids is 1. The first-order valence-corrected chi connectivity index (χ1v) is 7.67. The number of hydrogen-bond donors (Lipinski definition) is 2. The smallest absolute Gasteiger partial charge is 0.320 e. The molecule has 130 valence electrons. The molecule has 0 amide bonds. The highest BCUT2D eigenvalue weighted by atomic mass is 16.5. The highest BCUT2D eigenvalue weighted by Crippen LogP contribution is 2.43. The van der Waals surface area contributed by atoms with Crippen LogP contribution in [0.3, 0.4) is 0 Å². The van der Waals surface area contributed by atoms with Gasteiger partial charge in [-0.1, -0.05) is 20.3 Å². The summed E-state index contributed by atoms with van der Waals surface area (Å²) in [5, 5.41) is 9.05.